The molecular weight excluding hydrogens is 210 g/mol. The van der Waals surface area contributed by atoms with Crippen LogP contribution in [0.1, 0.15) is 25.5 Å². The van der Waals surface area contributed by atoms with Crippen molar-refractivity contribution >= 4 is 11.6 Å². The summed E-state index contributed by atoms with van der Waals surface area (Å²) in [6.45, 7) is 1.77. The predicted molar refractivity (Wildman–Crippen MR) is 48.6 cm³/mol. The Morgan fingerprint density at radius 2 is 2.07 bits per heavy atom. The van der Waals surface area contributed by atoms with E-state index in [1.807, 2.05) is 0 Å². The van der Waals surface area contributed by atoms with Gasteiger partial charge in [0.15, 0.2) is 0 Å². The van der Waals surface area contributed by atoms with E-state index in [9.17, 15) is 8.78 Å². The van der Waals surface area contributed by atoms with Gasteiger partial charge < -0.3 is 0 Å². The number of hydrogen-bond donors (Lipinski definition) is 0. The molecule has 1 saturated carbocycles. The smallest absolute Gasteiger partial charge is 0.227 e. The Labute approximate surface area is 85.3 Å². The molecule has 0 atom stereocenters. The zero-order valence-electron chi connectivity index (χ0n) is 7.60. The van der Waals surface area contributed by atoms with Crippen LogP contribution >= 0.6 is 11.6 Å². The van der Waals surface area contributed by atoms with E-state index >= 15 is 0 Å². The van der Waals surface area contributed by atoms with Gasteiger partial charge in [-0.05, 0) is 17.7 Å². The lowest BCUT2D eigenvalue weighted by Gasteiger charge is -2.44. The molecule has 1 aromatic rings. The molecule has 1 aliphatic rings. The summed E-state index contributed by atoms with van der Waals surface area (Å²) in [5.41, 5.74) is 0.0548. The molecule has 0 aliphatic heterocycles. The molecule has 0 unspecified atom stereocenters. The van der Waals surface area contributed by atoms with Crippen LogP contribution in [0.15, 0.2) is 12.3 Å². The Kier molecular flexibility index (Phi) is 2.00. The largest absolute Gasteiger partial charge is 0.250 e. The average Bonchev–Trinajstić information content (AvgIpc) is 2.00. The Balaban J connectivity index is 2.25. The third-order valence-electron chi connectivity index (χ3n) is 2.54. The summed E-state index contributed by atoms with van der Waals surface area (Å²) in [5.74, 6) is -2.55. The molecule has 0 bridgehead atoms. The second-order valence-electron chi connectivity index (χ2n) is 3.98. The van der Waals surface area contributed by atoms with Crippen molar-refractivity contribution in [3.05, 3.63) is 23.2 Å². The van der Waals surface area contributed by atoms with Crippen LogP contribution < -0.4 is 0 Å². The van der Waals surface area contributed by atoms with Gasteiger partial charge in [0.1, 0.15) is 0 Å². The molecule has 0 amide bonds. The van der Waals surface area contributed by atoms with E-state index in [4.69, 9.17) is 11.6 Å². The highest BCUT2D eigenvalue weighted by atomic mass is 35.5. The van der Waals surface area contributed by atoms with E-state index in [2.05, 4.69) is 9.97 Å². The fourth-order valence-corrected chi connectivity index (χ4v) is 2.09. The molecule has 1 heterocycles. The van der Waals surface area contributed by atoms with E-state index in [0.717, 1.165) is 0 Å². The monoisotopic (exact) mass is 218 g/mol. The quantitative estimate of drug-likeness (QED) is 0.678. The SMILES string of the molecule is CC1(c2ccnc(Cl)n2)CC(F)(F)C1. The van der Waals surface area contributed by atoms with E-state index < -0.39 is 11.3 Å². The number of nitrogens with zero attached hydrogens (tertiary/aromatic N) is 2. The summed E-state index contributed by atoms with van der Waals surface area (Å²) in [6.07, 6.45) is 1.17. The molecule has 2 rings (SSSR count). The van der Waals surface area contributed by atoms with Crippen LogP contribution in [0.4, 0.5) is 8.78 Å². The number of halogens is 3. The van der Waals surface area contributed by atoms with E-state index in [0.29, 0.717) is 5.69 Å². The lowest BCUT2D eigenvalue weighted by atomic mass is 9.65. The van der Waals surface area contributed by atoms with Crippen molar-refractivity contribution in [2.75, 3.05) is 0 Å². The molecule has 14 heavy (non-hydrogen) atoms. The van der Waals surface area contributed by atoms with Crippen LogP contribution in [0.2, 0.25) is 5.28 Å². The zero-order valence-corrected chi connectivity index (χ0v) is 8.35. The van der Waals surface area contributed by atoms with Crippen LogP contribution in [-0.2, 0) is 5.41 Å². The van der Waals surface area contributed by atoms with Crippen molar-refractivity contribution in [1.82, 2.24) is 9.97 Å². The first-order valence-corrected chi connectivity index (χ1v) is 4.66. The van der Waals surface area contributed by atoms with Gasteiger partial charge in [0.05, 0.1) is 5.69 Å². The number of alkyl halides is 2. The van der Waals surface area contributed by atoms with Crippen molar-refractivity contribution in [3.63, 3.8) is 0 Å². The van der Waals surface area contributed by atoms with Gasteiger partial charge in [-0.3, -0.25) is 0 Å². The number of rotatable bonds is 1. The standard InChI is InChI=1S/C9H9ClF2N2/c1-8(4-9(11,12)5-8)6-2-3-13-7(10)14-6/h2-3H,4-5H2,1H3. The number of aromatic nitrogens is 2. The second-order valence-corrected chi connectivity index (χ2v) is 4.32. The molecule has 5 heteroatoms. The minimum absolute atomic E-state index is 0.110. The van der Waals surface area contributed by atoms with Crippen LogP contribution in [0.25, 0.3) is 0 Å². The minimum atomic E-state index is -2.55. The molecule has 0 aromatic carbocycles. The summed E-state index contributed by atoms with van der Waals surface area (Å²) in [4.78, 5) is 7.67. The Hall–Kier alpha value is -0.770. The highest BCUT2D eigenvalue weighted by Crippen LogP contribution is 2.52. The van der Waals surface area contributed by atoms with E-state index in [1.54, 1.807) is 13.0 Å². The lowest BCUT2D eigenvalue weighted by Crippen LogP contribution is -2.47. The third-order valence-corrected chi connectivity index (χ3v) is 2.72. The Bertz CT molecular complexity index is 360. The fraction of sp³-hybridized carbons (Fsp3) is 0.556. The summed E-state index contributed by atoms with van der Waals surface area (Å²) < 4.78 is 25.5. The van der Waals surface area contributed by atoms with Crippen LogP contribution in [0.3, 0.4) is 0 Å². The molecule has 0 radical (unpaired) electrons. The van der Waals surface area contributed by atoms with Crippen molar-refractivity contribution in [2.45, 2.75) is 31.1 Å². The van der Waals surface area contributed by atoms with Crippen molar-refractivity contribution < 1.29 is 8.78 Å². The molecule has 1 fully saturated rings. The lowest BCUT2D eigenvalue weighted by molar-refractivity contribution is -0.122. The van der Waals surface area contributed by atoms with Crippen molar-refractivity contribution in [1.29, 1.82) is 0 Å². The van der Waals surface area contributed by atoms with Gasteiger partial charge in [0.25, 0.3) is 0 Å². The molecule has 1 aliphatic carbocycles. The second kappa shape index (κ2) is 2.86. The van der Waals surface area contributed by atoms with Crippen molar-refractivity contribution in [2.24, 2.45) is 0 Å². The first kappa shape index (κ1) is 9.77. The molecule has 0 saturated heterocycles. The number of hydrogen-bond acceptors (Lipinski definition) is 2. The molecule has 76 valence electrons. The predicted octanol–water partition coefficient (Wildman–Crippen LogP) is 2.82. The molecule has 0 spiro atoms. The average molecular weight is 219 g/mol. The summed E-state index contributed by atoms with van der Waals surface area (Å²) in [6, 6.07) is 1.64. The maximum absolute atomic E-state index is 12.7. The van der Waals surface area contributed by atoms with Crippen LogP contribution in [-0.4, -0.2) is 15.9 Å². The molecule has 0 N–H and O–H groups in total. The van der Waals surface area contributed by atoms with Crippen LogP contribution in [0.5, 0.6) is 0 Å². The Morgan fingerprint density at radius 3 is 2.57 bits per heavy atom. The van der Waals surface area contributed by atoms with Gasteiger partial charge in [-0.25, -0.2) is 18.7 Å². The fourth-order valence-electron chi connectivity index (χ4n) is 1.94. The summed E-state index contributed by atoms with van der Waals surface area (Å²) >= 11 is 5.59. The highest BCUT2D eigenvalue weighted by Gasteiger charge is 2.55. The summed E-state index contributed by atoms with van der Waals surface area (Å²) in [7, 11) is 0. The zero-order chi connectivity index (χ0) is 10.4. The summed E-state index contributed by atoms with van der Waals surface area (Å²) in [5, 5.41) is 0.110. The normalized spacial score (nSPS) is 22.9. The topological polar surface area (TPSA) is 25.8 Å². The van der Waals surface area contributed by atoms with Gasteiger partial charge >= 0.3 is 0 Å². The van der Waals surface area contributed by atoms with Crippen LogP contribution in [0, 0.1) is 0 Å². The first-order valence-electron chi connectivity index (χ1n) is 4.28. The maximum atomic E-state index is 12.7. The van der Waals surface area contributed by atoms with E-state index in [1.165, 1.54) is 6.20 Å². The molecular formula is C9H9ClF2N2. The van der Waals surface area contributed by atoms with Gasteiger partial charge in [0.2, 0.25) is 11.2 Å². The van der Waals surface area contributed by atoms with E-state index in [-0.39, 0.29) is 18.1 Å². The van der Waals surface area contributed by atoms with Crippen molar-refractivity contribution in [3.8, 4) is 0 Å². The first-order chi connectivity index (χ1) is 6.41. The Morgan fingerprint density at radius 1 is 1.43 bits per heavy atom. The third kappa shape index (κ3) is 1.59. The molecule has 1 aromatic heterocycles. The molecule has 2 nitrogen and oxygen atoms in total. The van der Waals surface area contributed by atoms with Gasteiger partial charge in [-0.1, -0.05) is 6.92 Å². The van der Waals surface area contributed by atoms with Gasteiger partial charge in [-0.15, -0.1) is 0 Å². The maximum Gasteiger partial charge on any atom is 0.250 e. The highest BCUT2D eigenvalue weighted by molar-refractivity contribution is 6.28. The minimum Gasteiger partial charge on any atom is -0.227 e. The van der Waals surface area contributed by atoms with Gasteiger partial charge in [0, 0.05) is 24.5 Å². The van der Waals surface area contributed by atoms with Gasteiger partial charge in [-0.2, -0.15) is 0 Å².